The number of hydrogen-bond acceptors (Lipinski definition) is 6. The fourth-order valence-electron chi connectivity index (χ4n) is 2.48. The van der Waals surface area contributed by atoms with Crippen LogP contribution in [0.15, 0.2) is 12.1 Å². The van der Waals surface area contributed by atoms with Crippen molar-refractivity contribution in [3.05, 3.63) is 12.1 Å². The maximum absolute atomic E-state index is 11.3. The third-order valence-corrected chi connectivity index (χ3v) is 3.54. The van der Waals surface area contributed by atoms with Gasteiger partial charge in [0.15, 0.2) is 5.82 Å². The number of amides is 1. The van der Waals surface area contributed by atoms with Crippen LogP contribution in [0.25, 0.3) is 0 Å². The highest BCUT2D eigenvalue weighted by molar-refractivity contribution is 5.79. The van der Waals surface area contributed by atoms with Gasteiger partial charge in [0.1, 0.15) is 11.9 Å². The van der Waals surface area contributed by atoms with Crippen molar-refractivity contribution in [3.8, 4) is 0 Å². The normalized spacial score (nSPS) is 17.3. The van der Waals surface area contributed by atoms with Gasteiger partial charge in [-0.3, -0.25) is 4.79 Å². The van der Waals surface area contributed by atoms with Crippen molar-refractivity contribution >= 4 is 29.2 Å². The molecule has 1 fully saturated rings. The highest BCUT2D eigenvalue weighted by atomic mass is 16.4. The Morgan fingerprint density at radius 2 is 2.23 bits per heavy atom. The summed E-state index contributed by atoms with van der Waals surface area (Å²) in [6.07, 6.45) is 1.45. The lowest BCUT2D eigenvalue weighted by molar-refractivity contribution is -0.138. The second-order valence-corrected chi connectivity index (χ2v) is 5.21. The zero-order valence-corrected chi connectivity index (χ0v) is 12.5. The van der Waals surface area contributed by atoms with Crippen LogP contribution >= 0.6 is 0 Å². The van der Waals surface area contributed by atoms with Crippen molar-refractivity contribution < 1.29 is 14.7 Å². The minimum absolute atomic E-state index is 0.0992. The van der Waals surface area contributed by atoms with Gasteiger partial charge in [0.05, 0.1) is 5.69 Å². The second kappa shape index (κ2) is 6.97. The molecule has 2 rings (SSSR count). The molecule has 5 N–H and O–H groups in total. The molecule has 1 unspecified atom stereocenters. The summed E-state index contributed by atoms with van der Waals surface area (Å²) in [6.45, 7) is 3.07. The summed E-state index contributed by atoms with van der Waals surface area (Å²) in [5, 5.41) is 15.0. The Kier molecular flexibility index (Phi) is 5.03. The quantitative estimate of drug-likeness (QED) is 0.556. The van der Waals surface area contributed by atoms with Gasteiger partial charge in [-0.15, -0.1) is 0 Å². The predicted molar refractivity (Wildman–Crippen MR) is 83.8 cm³/mol. The molecule has 1 atom stereocenters. The molecular formula is C14H21N5O3. The van der Waals surface area contributed by atoms with Gasteiger partial charge < -0.3 is 26.4 Å². The van der Waals surface area contributed by atoms with E-state index in [0.717, 1.165) is 6.42 Å². The van der Waals surface area contributed by atoms with Crippen LogP contribution in [-0.4, -0.2) is 47.6 Å². The number of nitrogens with two attached hydrogens (primary N) is 1. The number of aromatic nitrogens is 1. The van der Waals surface area contributed by atoms with Crippen LogP contribution in [0.4, 0.5) is 17.3 Å². The first-order chi connectivity index (χ1) is 10.5. The summed E-state index contributed by atoms with van der Waals surface area (Å²) in [5.74, 6) is 0.161. The van der Waals surface area contributed by atoms with Crippen LogP contribution in [0.1, 0.15) is 19.8 Å². The van der Waals surface area contributed by atoms with Crippen LogP contribution in [0, 0.1) is 0 Å². The van der Waals surface area contributed by atoms with E-state index in [4.69, 9.17) is 5.73 Å². The van der Waals surface area contributed by atoms with Crippen LogP contribution in [0.3, 0.4) is 0 Å². The molecule has 120 valence electrons. The van der Waals surface area contributed by atoms with E-state index in [9.17, 15) is 14.7 Å². The lowest BCUT2D eigenvalue weighted by atomic mass is 10.2. The van der Waals surface area contributed by atoms with Crippen molar-refractivity contribution in [1.82, 2.24) is 10.3 Å². The third kappa shape index (κ3) is 3.78. The van der Waals surface area contributed by atoms with E-state index in [-0.39, 0.29) is 5.91 Å². The molecule has 0 bridgehead atoms. The average molecular weight is 307 g/mol. The Morgan fingerprint density at radius 3 is 2.91 bits per heavy atom. The van der Waals surface area contributed by atoms with E-state index < -0.39 is 12.0 Å². The van der Waals surface area contributed by atoms with E-state index in [1.54, 1.807) is 17.0 Å². The van der Waals surface area contributed by atoms with E-state index >= 15 is 0 Å². The molecular weight excluding hydrogens is 286 g/mol. The Balaban J connectivity index is 2.06. The van der Waals surface area contributed by atoms with Gasteiger partial charge >= 0.3 is 5.97 Å². The highest BCUT2D eigenvalue weighted by Crippen LogP contribution is 2.27. The van der Waals surface area contributed by atoms with Crippen molar-refractivity contribution in [2.24, 2.45) is 0 Å². The first-order valence-electron chi connectivity index (χ1n) is 7.23. The number of nitrogen functional groups attached to an aromatic ring is 1. The molecule has 0 aromatic carbocycles. The first kappa shape index (κ1) is 15.9. The van der Waals surface area contributed by atoms with Gasteiger partial charge in [-0.25, -0.2) is 9.78 Å². The molecule has 0 radical (unpaired) electrons. The van der Waals surface area contributed by atoms with E-state index in [1.165, 1.54) is 6.92 Å². The number of carboxylic acids is 1. The number of rotatable bonds is 6. The van der Waals surface area contributed by atoms with Gasteiger partial charge in [-0.05, 0) is 25.0 Å². The summed E-state index contributed by atoms with van der Waals surface area (Å²) < 4.78 is 0. The Morgan fingerprint density at radius 1 is 1.45 bits per heavy atom. The van der Waals surface area contributed by atoms with E-state index in [0.29, 0.717) is 43.4 Å². The fraction of sp³-hybridized carbons (Fsp3) is 0.500. The summed E-state index contributed by atoms with van der Waals surface area (Å²) >= 11 is 0. The molecule has 1 aromatic heterocycles. The van der Waals surface area contributed by atoms with E-state index in [2.05, 4.69) is 15.6 Å². The molecule has 0 saturated carbocycles. The lowest BCUT2D eigenvalue weighted by Crippen LogP contribution is -2.36. The molecule has 0 spiro atoms. The molecule has 8 heteroatoms. The average Bonchev–Trinajstić information content (AvgIpc) is 2.94. The summed E-state index contributed by atoms with van der Waals surface area (Å²) in [4.78, 5) is 28.3. The van der Waals surface area contributed by atoms with E-state index in [1.807, 2.05) is 0 Å². The molecule has 1 aromatic rings. The SMILES string of the molecule is CC(=O)NCCNc1nc(N2CCCC2C(=O)O)ccc1N. The molecule has 1 aliphatic rings. The summed E-state index contributed by atoms with van der Waals surface area (Å²) in [6, 6.07) is 2.90. The summed E-state index contributed by atoms with van der Waals surface area (Å²) in [7, 11) is 0. The van der Waals surface area contributed by atoms with Crippen molar-refractivity contribution in [1.29, 1.82) is 0 Å². The number of nitrogens with zero attached hydrogens (tertiary/aromatic N) is 2. The number of hydrogen-bond donors (Lipinski definition) is 4. The zero-order chi connectivity index (χ0) is 16.1. The van der Waals surface area contributed by atoms with Gasteiger partial charge in [-0.2, -0.15) is 0 Å². The number of carboxylic acid groups (broad SMARTS) is 1. The van der Waals surface area contributed by atoms with Crippen LogP contribution in [-0.2, 0) is 9.59 Å². The maximum atomic E-state index is 11.3. The minimum atomic E-state index is -0.837. The Labute approximate surface area is 128 Å². The topological polar surface area (TPSA) is 121 Å². The molecule has 0 aliphatic carbocycles. The number of carbonyl (C=O) groups excluding carboxylic acids is 1. The van der Waals surface area contributed by atoms with Gasteiger partial charge in [-0.1, -0.05) is 0 Å². The number of pyridine rings is 1. The monoisotopic (exact) mass is 307 g/mol. The Bertz CT molecular complexity index is 563. The first-order valence-corrected chi connectivity index (χ1v) is 7.23. The molecule has 22 heavy (non-hydrogen) atoms. The second-order valence-electron chi connectivity index (χ2n) is 5.21. The number of nitrogens with one attached hydrogen (secondary N) is 2. The third-order valence-electron chi connectivity index (χ3n) is 3.54. The molecule has 1 amide bonds. The number of aliphatic carboxylic acids is 1. The predicted octanol–water partition coefficient (Wildman–Crippen LogP) is 0.265. The van der Waals surface area contributed by atoms with Gasteiger partial charge in [0.25, 0.3) is 0 Å². The highest BCUT2D eigenvalue weighted by Gasteiger charge is 2.31. The molecule has 1 aliphatic heterocycles. The standard InChI is InChI=1S/C14H21N5O3/c1-9(20)16-6-7-17-13-10(15)4-5-12(18-13)19-8-2-3-11(19)14(21)22/h4-5,11H,2-3,6-8,15H2,1H3,(H,16,20)(H,17,18)(H,21,22). The Hall–Kier alpha value is -2.51. The zero-order valence-electron chi connectivity index (χ0n) is 12.5. The fourth-order valence-corrected chi connectivity index (χ4v) is 2.48. The molecule has 2 heterocycles. The van der Waals surface area contributed by atoms with Crippen molar-refractivity contribution in [2.75, 3.05) is 35.6 Å². The summed E-state index contributed by atoms with van der Waals surface area (Å²) in [5.41, 5.74) is 6.36. The van der Waals surface area contributed by atoms with Gasteiger partial charge in [0, 0.05) is 26.6 Å². The van der Waals surface area contributed by atoms with Crippen molar-refractivity contribution in [3.63, 3.8) is 0 Å². The largest absolute Gasteiger partial charge is 0.480 e. The molecule has 1 saturated heterocycles. The maximum Gasteiger partial charge on any atom is 0.326 e. The van der Waals surface area contributed by atoms with Crippen LogP contribution < -0.4 is 21.3 Å². The van der Waals surface area contributed by atoms with Gasteiger partial charge in [0.2, 0.25) is 5.91 Å². The van der Waals surface area contributed by atoms with Crippen molar-refractivity contribution in [2.45, 2.75) is 25.8 Å². The lowest BCUT2D eigenvalue weighted by Gasteiger charge is -2.23. The molecule has 8 nitrogen and oxygen atoms in total. The minimum Gasteiger partial charge on any atom is -0.480 e. The smallest absolute Gasteiger partial charge is 0.326 e. The van der Waals surface area contributed by atoms with Crippen LogP contribution in [0.5, 0.6) is 0 Å². The van der Waals surface area contributed by atoms with Crippen LogP contribution in [0.2, 0.25) is 0 Å². The number of carbonyl (C=O) groups is 2. The number of anilines is 3.